The highest BCUT2D eigenvalue weighted by molar-refractivity contribution is 5.92. The van der Waals surface area contributed by atoms with Crippen molar-refractivity contribution in [2.24, 2.45) is 195 Å². The molecule has 0 unspecified atom stereocenters. The predicted octanol–water partition coefficient (Wildman–Crippen LogP) is 26.0. The zero-order valence-corrected chi connectivity index (χ0v) is 86.3. The van der Waals surface area contributed by atoms with E-state index < -0.39 is 23.6 Å². The number of aliphatic carboxylic acids is 1. The summed E-state index contributed by atoms with van der Waals surface area (Å²) in [5.41, 5.74) is 18.7. The van der Waals surface area contributed by atoms with Gasteiger partial charge in [-0.25, -0.2) is 0 Å². The molecule has 0 aromatic carbocycles. The van der Waals surface area contributed by atoms with Gasteiger partial charge in [0, 0.05) is 67.1 Å². The van der Waals surface area contributed by atoms with Gasteiger partial charge in [0.15, 0.2) is 0 Å². The number of rotatable bonds is 8. The largest absolute Gasteiger partial charge is 0.481 e. The summed E-state index contributed by atoms with van der Waals surface area (Å²) in [4.78, 5) is 61.4. The fourth-order valence-electron chi connectivity index (χ4n) is 37.4. The maximum absolute atomic E-state index is 12.4. The Labute approximate surface area is 809 Å². The van der Waals surface area contributed by atoms with Crippen LogP contribution in [-0.2, 0) is 37.0 Å². The molecule has 37 atom stereocenters. The van der Waals surface area contributed by atoms with E-state index in [1.165, 1.54) is 159 Å². The van der Waals surface area contributed by atoms with Crippen LogP contribution in [0.15, 0.2) is 112 Å². The standard InChI is InChI=1S/C26H36N2.C24H40O5.C24H36O2.C20H30O2.C20H30O.C6H8N2/c1-18-11-13-25(2)19(16-18)7-8-21-22-9-10-24(26(22,3)14-12-23(21)25)28-17-20-6-4-5-15-27-20;1-13(4-7-21(28)29)16-5-6-17-22-18(12-20(27)24(16,17)3)23(2)9-8-15(25)10-14(23)11-19(22)26;1-6-17-8-10-20-19-9-7-18-13-15(2)11-12-23(18,4)21(19)14-22(24(17,20)5)26-16(3)25;1-12-8-9-19(2)13(10-12)4-5-14-15-6-7-17(21)20(15,3)18(22)11-16(14)19;1-13-8-10-19(2)14(12-13)4-5-15-16-6-7-18(21)20(16,3)11-9-17(15)19;7-5-6-3-1-2-4-8-6/h4-7,15,18,21-23H,8-14,16-17H2,1-3H3;13-20,22,25-27H,4-12H2,1-3H3,(H,28,29);6-7,15,19-22H,8-14H2,1-5H3;4,12,14-16,18,22H,5-11H2,1-3H3;4,13,15-17H,5-12H2,1-3H3;1-4H,5,7H2/b;;17-6-;;;/t18-,21-,22-,23-,25-,26-;13-,14+,15-,16-,17+,18+,19-,20+,22+,23+,24-;15-,19-,20-,21-,22+,23-,24+;12-,14-,15-,16-,18+,19-,20-;13-,15-,16-,17-,19-,20-;/m01000./s1. The normalized spacial score (nSPS) is 47.8. The lowest BCUT2D eigenvalue weighted by atomic mass is 9.43. The first-order valence-electron chi connectivity index (χ1n) is 55.3. The molecule has 7 N–H and O–H groups in total. The predicted molar refractivity (Wildman–Crippen MR) is 537 cm³/mol. The minimum atomic E-state index is -0.748. The van der Waals surface area contributed by atoms with Crippen LogP contribution in [0.25, 0.3) is 0 Å². The van der Waals surface area contributed by atoms with Gasteiger partial charge in [-0.15, -0.1) is 0 Å². The van der Waals surface area contributed by atoms with Crippen LogP contribution in [0.4, 0.5) is 0 Å². The van der Waals surface area contributed by atoms with Crippen LogP contribution >= 0.6 is 0 Å². The summed E-state index contributed by atoms with van der Waals surface area (Å²) in [6.45, 7) is 40.8. The fraction of sp³-hybridized carbons (Fsp3) is 0.792. The number of carboxylic acid groups (broad SMARTS) is 1. The van der Waals surface area contributed by atoms with Crippen LogP contribution in [0.5, 0.6) is 0 Å². The number of hydrogen-bond donors (Lipinski definition) is 6. The van der Waals surface area contributed by atoms with Crippen molar-refractivity contribution < 1.29 is 49.4 Å². The molecular weight excluding hydrogens is 1660 g/mol. The van der Waals surface area contributed by atoms with E-state index >= 15 is 0 Å². The fourth-order valence-corrected chi connectivity index (χ4v) is 37.4. The third-order valence-electron chi connectivity index (χ3n) is 45.7. The molecule has 14 nitrogen and oxygen atoms in total. The monoisotopic (exact) mass is 1840 g/mol. The Morgan fingerprint density at radius 1 is 0.493 bits per heavy atom. The van der Waals surface area contributed by atoms with Gasteiger partial charge in [0.1, 0.15) is 17.7 Å². The van der Waals surface area contributed by atoms with E-state index in [-0.39, 0.29) is 69.6 Å². The molecule has 2 heterocycles. The molecule has 0 spiro atoms. The van der Waals surface area contributed by atoms with Crippen LogP contribution in [0, 0.1) is 184 Å². The number of pyridine rings is 2. The van der Waals surface area contributed by atoms with Gasteiger partial charge in [-0.05, 0) is 432 Å². The lowest BCUT2D eigenvalue weighted by Gasteiger charge is -2.63. The van der Waals surface area contributed by atoms with E-state index in [2.05, 4.69) is 163 Å². The van der Waals surface area contributed by atoms with E-state index in [0.29, 0.717) is 112 Å². The summed E-state index contributed by atoms with van der Waals surface area (Å²) in [6, 6.07) is 11.9. The van der Waals surface area contributed by atoms with Crippen molar-refractivity contribution in [2.45, 2.75) is 412 Å². The van der Waals surface area contributed by atoms with Crippen molar-refractivity contribution in [3.05, 3.63) is 118 Å². The third-order valence-corrected chi connectivity index (χ3v) is 45.7. The summed E-state index contributed by atoms with van der Waals surface area (Å²) in [7, 11) is 0. The van der Waals surface area contributed by atoms with Crippen molar-refractivity contribution in [3.63, 3.8) is 0 Å². The lowest BCUT2D eigenvalue weighted by molar-refractivity contribution is -0.207. The number of nitrogens with two attached hydrogens (primary N) is 1. The molecule has 0 saturated heterocycles. The molecule has 22 rings (SSSR count). The van der Waals surface area contributed by atoms with E-state index in [9.17, 15) is 39.6 Å². The molecule has 20 aliphatic rings. The molecule has 740 valence electrons. The van der Waals surface area contributed by atoms with Crippen LogP contribution < -0.4 is 5.73 Å². The second-order valence-corrected chi connectivity index (χ2v) is 51.9. The van der Waals surface area contributed by atoms with Gasteiger partial charge in [0.05, 0.1) is 47.8 Å². The number of aliphatic hydroxyl groups excluding tert-OH is 4. The van der Waals surface area contributed by atoms with Crippen molar-refractivity contribution >= 4 is 29.2 Å². The highest BCUT2D eigenvalue weighted by Gasteiger charge is 2.69. The maximum Gasteiger partial charge on any atom is 0.303 e. The van der Waals surface area contributed by atoms with Crippen LogP contribution in [0.1, 0.15) is 380 Å². The van der Waals surface area contributed by atoms with Crippen LogP contribution in [-0.4, -0.2) is 95.2 Å². The molecule has 0 amide bonds. The van der Waals surface area contributed by atoms with Crippen LogP contribution in [0.3, 0.4) is 0 Å². The Morgan fingerprint density at radius 3 is 1.47 bits per heavy atom. The first-order valence-corrected chi connectivity index (χ1v) is 55.3. The van der Waals surface area contributed by atoms with E-state index in [0.717, 1.165) is 161 Å². The number of allylic oxidation sites excluding steroid dienone is 9. The van der Waals surface area contributed by atoms with Crippen molar-refractivity contribution in [3.8, 4) is 0 Å². The number of hydrogen-bond acceptors (Lipinski definition) is 13. The number of esters is 1. The van der Waals surface area contributed by atoms with Gasteiger partial charge in [0.2, 0.25) is 0 Å². The molecular formula is C120H180N4O10. The number of carbonyl (C=O) groups is 4. The number of carbonyl (C=O) groups excluding carboxylic acids is 3. The van der Waals surface area contributed by atoms with E-state index in [1.54, 1.807) is 29.8 Å². The Balaban J connectivity index is 0.000000115. The highest BCUT2D eigenvalue weighted by atomic mass is 16.5. The Bertz CT molecular complexity index is 4760. The minimum absolute atomic E-state index is 0.0326. The van der Waals surface area contributed by atoms with E-state index in [1.807, 2.05) is 36.0 Å². The van der Waals surface area contributed by atoms with Gasteiger partial charge in [-0.1, -0.05) is 167 Å². The molecule has 134 heavy (non-hydrogen) atoms. The molecule has 0 bridgehead atoms. The minimum Gasteiger partial charge on any atom is -0.481 e. The van der Waals surface area contributed by atoms with Gasteiger partial charge in [0.25, 0.3) is 0 Å². The van der Waals surface area contributed by atoms with E-state index in [4.69, 9.17) is 20.6 Å². The summed E-state index contributed by atoms with van der Waals surface area (Å²) < 4.78 is 6.04. The molecule has 16 saturated carbocycles. The third kappa shape index (κ3) is 17.6. The average Bonchev–Trinajstić information content (AvgIpc) is 1.46. The van der Waals surface area contributed by atoms with Crippen molar-refractivity contribution in [1.82, 2.24) is 9.97 Å². The topological polar surface area (TPSA) is 243 Å². The molecule has 2 aromatic heterocycles. The number of aliphatic imine (C=N–C) groups is 1. The number of ketones is 2. The Kier molecular flexibility index (Phi) is 29.1. The van der Waals surface area contributed by atoms with Gasteiger partial charge in [-0.3, -0.25) is 34.1 Å². The zero-order chi connectivity index (χ0) is 95.5. The molecule has 20 aliphatic carbocycles. The molecule has 14 heteroatoms. The second kappa shape index (κ2) is 38.9. The quantitative estimate of drug-likeness (QED) is 0.107. The molecule has 0 radical (unpaired) electrons. The zero-order valence-electron chi connectivity index (χ0n) is 86.3. The van der Waals surface area contributed by atoms with Crippen molar-refractivity contribution in [1.29, 1.82) is 0 Å². The summed E-state index contributed by atoms with van der Waals surface area (Å²) >= 11 is 0. The Hall–Kier alpha value is -5.25. The summed E-state index contributed by atoms with van der Waals surface area (Å²) in [6.07, 6.45) is 58.9. The number of Topliss-reactive ketones (excluding diaryl/α,β-unsaturated/α-hetero) is 2. The Morgan fingerprint density at radius 2 is 0.955 bits per heavy atom. The first-order chi connectivity index (χ1) is 63.6. The number of nitrogens with zero attached hydrogens (tertiary/aromatic N) is 3. The maximum atomic E-state index is 12.4. The van der Waals surface area contributed by atoms with Gasteiger partial charge < -0.3 is 36.0 Å². The molecule has 0 aliphatic heterocycles. The number of ether oxygens (including phenoxy) is 1. The van der Waals surface area contributed by atoms with Gasteiger partial charge in [-0.2, -0.15) is 0 Å². The summed E-state index contributed by atoms with van der Waals surface area (Å²) in [5, 5.41) is 52.9. The second-order valence-electron chi connectivity index (χ2n) is 51.9. The molecule has 2 aromatic rings. The lowest BCUT2D eigenvalue weighted by Crippen LogP contribution is -2.62. The smallest absolute Gasteiger partial charge is 0.303 e. The van der Waals surface area contributed by atoms with Crippen molar-refractivity contribution in [2.75, 3.05) is 0 Å². The molecule has 16 fully saturated rings. The number of fused-ring (bicyclic) bond motifs is 25. The number of aliphatic hydroxyl groups is 4. The van der Waals surface area contributed by atoms with Gasteiger partial charge >= 0.3 is 11.9 Å². The number of aromatic nitrogens is 2. The van der Waals surface area contributed by atoms with Crippen LogP contribution in [0.2, 0.25) is 0 Å². The summed E-state index contributed by atoms with van der Waals surface area (Å²) in [5.74, 6) is 13.8. The first kappa shape index (κ1) is 100. The highest BCUT2D eigenvalue weighted by Crippen LogP contribution is 2.73. The average molecular weight is 1840 g/mol. The SMILES string of the molecule is C/C=C1/CC[C@H]2[C@@H]3CC=C4C[C@@H](C)CC[C@]4(C)[C@H]3C[C@@H](OC(C)=O)[C@]12C.C[C@H](CCC(=O)O)[C@H]1CC[C@H]2[C@@H]3[C@H](O)C[C@@H]4C[C@H](O)CC[C@]4(C)[C@H]3C[C@H](O)[C@]12C.C[C@H]1CC[C@@]2(C)C(=CC[C@@H]3[C@@H]2CC[C@]2(C)C(=NCc4ccccn4)CC[C@@H]32)C1.C[C@H]1CC[C@@]2(C)C(=CC[C@@H]3[C@@H]2CC[C@]2(C)C(=O)CC[C@@H]32)C1.C[C@H]1CC[C@@]2(C)C(=CC[C@H]3[C@@H]4CCC(=O)[C@@]4(C)[C@H](O)C[C@@H]32)C1.NCc1ccccn1. The number of carboxylic acids is 1.